The van der Waals surface area contributed by atoms with Gasteiger partial charge in [-0.05, 0) is 70.0 Å². The van der Waals surface area contributed by atoms with Crippen molar-refractivity contribution in [2.24, 2.45) is 0 Å². The lowest BCUT2D eigenvalue weighted by molar-refractivity contribution is 0.361. The largest absolute Gasteiger partial charge is 0.497 e. The molecular formula is C24H26O4. The molecule has 0 amide bonds. The molecule has 0 fully saturated rings. The molecule has 0 aliphatic heterocycles. The minimum absolute atomic E-state index is 0.381. The molecule has 0 saturated heterocycles. The normalized spacial score (nSPS) is 11.6. The molecule has 0 saturated carbocycles. The Morgan fingerprint density at radius 3 is 2.46 bits per heavy atom. The highest BCUT2D eigenvalue weighted by atomic mass is 16.5. The fraction of sp³-hybridized carbons (Fsp3) is 0.292. The van der Waals surface area contributed by atoms with Crippen LogP contribution in [0.1, 0.15) is 33.6 Å². The quantitative estimate of drug-likeness (QED) is 0.286. The lowest BCUT2D eigenvalue weighted by Crippen LogP contribution is -2.01. The van der Waals surface area contributed by atoms with Crippen LogP contribution in [-0.4, -0.2) is 13.7 Å². The van der Waals surface area contributed by atoms with E-state index in [4.69, 9.17) is 13.9 Å². The molecule has 0 aliphatic rings. The van der Waals surface area contributed by atoms with E-state index in [1.165, 1.54) is 11.1 Å². The van der Waals surface area contributed by atoms with Crippen LogP contribution in [0.3, 0.4) is 0 Å². The average Bonchev–Trinajstić information content (AvgIpc) is 2.67. The van der Waals surface area contributed by atoms with Gasteiger partial charge in [0.2, 0.25) is 0 Å². The Morgan fingerprint density at radius 2 is 1.71 bits per heavy atom. The molecule has 3 aromatic rings. The minimum Gasteiger partial charge on any atom is -0.497 e. The summed E-state index contributed by atoms with van der Waals surface area (Å²) in [6.07, 6.45) is 6.40. The van der Waals surface area contributed by atoms with Gasteiger partial charge < -0.3 is 13.9 Å². The molecular weight excluding hydrogens is 352 g/mol. The molecule has 0 N–H and O–H groups in total. The Kier molecular flexibility index (Phi) is 6.19. The van der Waals surface area contributed by atoms with E-state index < -0.39 is 0 Å². The van der Waals surface area contributed by atoms with Gasteiger partial charge in [-0.15, -0.1) is 0 Å². The average molecular weight is 378 g/mol. The topological polar surface area (TPSA) is 48.7 Å². The van der Waals surface area contributed by atoms with E-state index in [-0.39, 0.29) is 5.63 Å². The molecule has 0 aliphatic carbocycles. The van der Waals surface area contributed by atoms with Crippen LogP contribution in [0.2, 0.25) is 0 Å². The van der Waals surface area contributed by atoms with Gasteiger partial charge in [0.1, 0.15) is 23.7 Å². The van der Waals surface area contributed by atoms with Crippen molar-refractivity contribution in [1.82, 2.24) is 0 Å². The van der Waals surface area contributed by atoms with Crippen LogP contribution in [-0.2, 0) is 0 Å². The first kappa shape index (κ1) is 19.7. The summed E-state index contributed by atoms with van der Waals surface area (Å²) >= 11 is 0. The second kappa shape index (κ2) is 8.79. The van der Waals surface area contributed by atoms with Crippen molar-refractivity contribution >= 4 is 21.7 Å². The second-order valence-electron chi connectivity index (χ2n) is 7.14. The number of fused-ring (bicyclic) bond motifs is 3. The van der Waals surface area contributed by atoms with Crippen LogP contribution >= 0.6 is 0 Å². The summed E-state index contributed by atoms with van der Waals surface area (Å²) in [5.41, 5.74) is 2.77. The summed E-state index contributed by atoms with van der Waals surface area (Å²) in [5, 5.41) is 2.22. The standard InChI is InChI=1S/C24H26O4/c1-16(2)6-5-7-17(3)12-13-27-19-9-11-21-20-10-8-18(26-4)14-22(20)24(25)28-23(21)15-19/h6,8-12,14-15H,5,7,13H2,1-4H3/b17-12-. The lowest BCUT2D eigenvalue weighted by Gasteiger charge is -2.08. The van der Waals surface area contributed by atoms with Gasteiger partial charge in [-0.1, -0.05) is 17.2 Å². The molecule has 0 atom stereocenters. The summed E-state index contributed by atoms with van der Waals surface area (Å²) in [7, 11) is 1.57. The lowest BCUT2D eigenvalue weighted by atomic mass is 10.1. The first-order chi connectivity index (χ1) is 13.5. The third-order valence-corrected chi connectivity index (χ3v) is 4.67. The third-order valence-electron chi connectivity index (χ3n) is 4.67. The predicted molar refractivity (Wildman–Crippen MR) is 114 cm³/mol. The predicted octanol–water partition coefficient (Wildman–Crippen LogP) is 6.03. The summed E-state index contributed by atoms with van der Waals surface area (Å²) in [6, 6.07) is 11.0. The Morgan fingerprint density at radius 1 is 0.964 bits per heavy atom. The minimum atomic E-state index is -0.381. The molecule has 1 aromatic heterocycles. The second-order valence-corrected chi connectivity index (χ2v) is 7.14. The van der Waals surface area contributed by atoms with Gasteiger partial charge in [-0.3, -0.25) is 0 Å². The van der Waals surface area contributed by atoms with Crippen molar-refractivity contribution in [3.8, 4) is 11.5 Å². The fourth-order valence-corrected chi connectivity index (χ4v) is 3.08. The van der Waals surface area contributed by atoms with Crippen molar-refractivity contribution in [1.29, 1.82) is 0 Å². The number of methoxy groups -OCH3 is 1. The highest BCUT2D eigenvalue weighted by molar-refractivity contribution is 6.04. The van der Waals surface area contributed by atoms with Crippen molar-refractivity contribution in [3.05, 3.63) is 70.1 Å². The zero-order chi connectivity index (χ0) is 20.1. The summed E-state index contributed by atoms with van der Waals surface area (Å²) in [6.45, 7) is 6.82. The van der Waals surface area contributed by atoms with Crippen LogP contribution in [0.25, 0.3) is 21.7 Å². The summed E-state index contributed by atoms with van der Waals surface area (Å²) in [4.78, 5) is 12.3. The smallest absolute Gasteiger partial charge is 0.344 e. The molecule has 3 rings (SSSR count). The fourth-order valence-electron chi connectivity index (χ4n) is 3.08. The van der Waals surface area contributed by atoms with Crippen molar-refractivity contribution in [3.63, 3.8) is 0 Å². The van der Waals surface area contributed by atoms with E-state index in [1.807, 2.05) is 24.3 Å². The third kappa shape index (κ3) is 4.63. The molecule has 0 bridgehead atoms. The molecule has 2 aromatic carbocycles. The van der Waals surface area contributed by atoms with Crippen LogP contribution in [0.15, 0.2) is 68.9 Å². The van der Waals surface area contributed by atoms with Gasteiger partial charge in [0.25, 0.3) is 0 Å². The number of benzene rings is 2. The highest BCUT2D eigenvalue weighted by Crippen LogP contribution is 2.28. The molecule has 28 heavy (non-hydrogen) atoms. The van der Waals surface area contributed by atoms with Gasteiger partial charge in [-0.25, -0.2) is 4.79 Å². The van der Waals surface area contributed by atoms with E-state index in [2.05, 4.69) is 32.9 Å². The molecule has 4 heteroatoms. The van der Waals surface area contributed by atoms with Crippen molar-refractivity contribution in [2.45, 2.75) is 33.6 Å². The molecule has 0 unspecified atom stereocenters. The van der Waals surface area contributed by atoms with Crippen LogP contribution in [0.5, 0.6) is 11.5 Å². The zero-order valence-electron chi connectivity index (χ0n) is 16.9. The molecule has 4 nitrogen and oxygen atoms in total. The number of hydrogen-bond donors (Lipinski definition) is 0. The summed E-state index contributed by atoms with van der Waals surface area (Å²) < 4.78 is 16.5. The van der Waals surface area contributed by atoms with E-state index >= 15 is 0 Å². The Balaban J connectivity index is 1.78. The first-order valence-electron chi connectivity index (χ1n) is 9.44. The molecule has 1 heterocycles. The van der Waals surface area contributed by atoms with Crippen molar-refractivity contribution in [2.75, 3.05) is 13.7 Å². The van der Waals surface area contributed by atoms with Crippen molar-refractivity contribution < 1.29 is 13.9 Å². The highest BCUT2D eigenvalue weighted by Gasteiger charge is 2.09. The van der Waals surface area contributed by atoms with E-state index in [9.17, 15) is 4.79 Å². The monoisotopic (exact) mass is 378 g/mol. The van der Waals surface area contributed by atoms with E-state index in [0.29, 0.717) is 29.1 Å². The Bertz CT molecular complexity index is 1100. The van der Waals surface area contributed by atoms with Gasteiger partial charge in [0.05, 0.1) is 12.5 Å². The van der Waals surface area contributed by atoms with E-state index in [1.54, 1.807) is 19.2 Å². The maximum absolute atomic E-state index is 12.3. The molecule has 0 radical (unpaired) electrons. The number of ether oxygens (including phenoxy) is 2. The molecule has 0 spiro atoms. The van der Waals surface area contributed by atoms with Crippen LogP contribution in [0, 0.1) is 0 Å². The SMILES string of the molecule is COc1ccc2c(c1)c(=O)oc1cc(OC/C=C(/C)CCC=C(C)C)ccc12. The van der Waals surface area contributed by atoms with Gasteiger partial charge in [-0.2, -0.15) is 0 Å². The maximum atomic E-state index is 12.3. The van der Waals surface area contributed by atoms with E-state index in [0.717, 1.165) is 23.6 Å². The number of allylic oxidation sites excluding steroid dienone is 3. The van der Waals surface area contributed by atoms with Crippen LogP contribution < -0.4 is 15.1 Å². The van der Waals surface area contributed by atoms with Gasteiger partial charge in [0, 0.05) is 16.8 Å². The Hall–Kier alpha value is -3.01. The number of rotatable bonds is 7. The van der Waals surface area contributed by atoms with Gasteiger partial charge in [0.15, 0.2) is 0 Å². The Labute approximate surface area is 165 Å². The number of hydrogen-bond acceptors (Lipinski definition) is 4. The maximum Gasteiger partial charge on any atom is 0.344 e. The van der Waals surface area contributed by atoms with Crippen LogP contribution in [0.4, 0.5) is 0 Å². The summed E-state index contributed by atoms with van der Waals surface area (Å²) in [5.74, 6) is 1.31. The van der Waals surface area contributed by atoms with Gasteiger partial charge >= 0.3 is 5.63 Å². The zero-order valence-corrected chi connectivity index (χ0v) is 16.9. The molecule has 146 valence electrons. The first-order valence-corrected chi connectivity index (χ1v) is 9.44.